The van der Waals surface area contributed by atoms with Crippen LogP contribution in [0.1, 0.15) is 60.6 Å². The molecule has 0 radical (unpaired) electrons. The SMILES string of the molecule is Cc1c(C)c(C)c2c(c1C)C=C(C(=O)/C=C/CC(C)(C)C)C2. The first-order chi connectivity index (χ1) is 10.1. The maximum Gasteiger partial charge on any atom is 0.181 e. The topological polar surface area (TPSA) is 17.1 Å². The van der Waals surface area contributed by atoms with E-state index in [4.69, 9.17) is 0 Å². The van der Waals surface area contributed by atoms with Crippen LogP contribution < -0.4 is 0 Å². The normalized spacial score (nSPS) is 14.4. The number of rotatable bonds is 3. The average Bonchev–Trinajstić information content (AvgIpc) is 2.86. The number of benzene rings is 1. The first kappa shape index (κ1) is 16.7. The summed E-state index contributed by atoms with van der Waals surface area (Å²) in [5, 5.41) is 0. The molecule has 1 aliphatic rings. The van der Waals surface area contributed by atoms with Gasteiger partial charge in [-0.1, -0.05) is 26.8 Å². The Labute approximate surface area is 135 Å². The minimum Gasteiger partial charge on any atom is -0.290 e. The van der Waals surface area contributed by atoms with Crippen molar-refractivity contribution in [3.63, 3.8) is 0 Å². The summed E-state index contributed by atoms with van der Waals surface area (Å²) in [6.45, 7) is 15.3. The van der Waals surface area contributed by atoms with Gasteiger partial charge in [-0.2, -0.15) is 0 Å². The Morgan fingerprint density at radius 3 is 2.23 bits per heavy atom. The molecule has 0 heterocycles. The zero-order valence-electron chi connectivity index (χ0n) is 15.1. The molecule has 1 aromatic carbocycles. The summed E-state index contributed by atoms with van der Waals surface area (Å²) in [7, 11) is 0. The largest absolute Gasteiger partial charge is 0.290 e. The van der Waals surface area contributed by atoms with E-state index in [2.05, 4.69) is 54.5 Å². The smallest absolute Gasteiger partial charge is 0.181 e. The fraction of sp³-hybridized carbons (Fsp3) is 0.476. The molecule has 0 aromatic heterocycles. The lowest BCUT2D eigenvalue weighted by molar-refractivity contribution is -0.111. The van der Waals surface area contributed by atoms with Gasteiger partial charge in [0, 0.05) is 12.0 Å². The predicted molar refractivity (Wildman–Crippen MR) is 95.3 cm³/mol. The molecule has 0 fully saturated rings. The van der Waals surface area contributed by atoms with E-state index in [1.807, 2.05) is 6.08 Å². The number of hydrogen-bond acceptors (Lipinski definition) is 1. The highest BCUT2D eigenvalue weighted by Gasteiger charge is 2.22. The second-order valence-corrected chi connectivity index (χ2v) is 7.77. The number of fused-ring (bicyclic) bond motifs is 1. The Bertz CT molecular complexity index is 679. The highest BCUT2D eigenvalue weighted by molar-refractivity contribution is 6.09. The Hall–Kier alpha value is -1.63. The van der Waals surface area contributed by atoms with Crippen LogP contribution in [0.3, 0.4) is 0 Å². The molecule has 22 heavy (non-hydrogen) atoms. The second kappa shape index (κ2) is 5.87. The van der Waals surface area contributed by atoms with E-state index in [0.717, 1.165) is 18.4 Å². The summed E-state index contributed by atoms with van der Waals surface area (Å²) < 4.78 is 0. The van der Waals surface area contributed by atoms with Crippen LogP contribution in [-0.2, 0) is 11.2 Å². The molecule has 0 atom stereocenters. The van der Waals surface area contributed by atoms with Crippen molar-refractivity contribution in [2.75, 3.05) is 0 Å². The third-order valence-corrected chi connectivity index (χ3v) is 4.87. The number of carbonyl (C=O) groups excluding carboxylic acids is 1. The summed E-state index contributed by atoms with van der Waals surface area (Å²) >= 11 is 0. The molecule has 0 N–H and O–H groups in total. The Balaban J connectivity index is 2.26. The van der Waals surface area contributed by atoms with Crippen LogP contribution in [0.25, 0.3) is 6.08 Å². The van der Waals surface area contributed by atoms with E-state index in [0.29, 0.717) is 0 Å². The lowest BCUT2D eigenvalue weighted by Crippen LogP contribution is -2.04. The molecule has 0 unspecified atom stereocenters. The van der Waals surface area contributed by atoms with Gasteiger partial charge >= 0.3 is 0 Å². The van der Waals surface area contributed by atoms with Crippen LogP contribution in [0.5, 0.6) is 0 Å². The van der Waals surface area contributed by atoms with Gasteiger partial charge in [-0.05, 0) is 85.1 Å². The molecule has 1 nitrogen and oxygen atoms in total. The summed E-state index contributed by atoms with van der Waals surface area (Å²) in [5.41, 5.74) is 9.14. The monoisotopic (exact) mass is 296 g/mol. The standard InChI is InChI=1S/C21H28O/c1-13-14(2)16(4)19-12-17(11-18(19)15(13)3)20(22)9-8-10-21(5,6)7/h8-9,11H,10,12H2,1-7H3/b9-8+. The molecule has 0 spiro atoms. The lowest BCUT2D eigenvalue weighted by Gasteiger charge is -2.15. The average molecular weight is 296 g/mol. The van der Waals surface area contributed by atoms with Gasteiger partial charge in [0.1, 0.15) is 0 Å². The van der Waals surface area contributed by atoms with Crippen molar-refractivity contribution in [1.82, 2.24) is 0 Å². The highest BCUT2D eigenvalue weighted by atomic mass is 16.1. The molecule has 0 bridgehead atoms. The summed E-state index contributed by atoms with van der Waals surface area (Å²) in [4.78, 5) is 12.4. The highest BCUT2D eigenvalue weighted by Crippen LogP contribution is 2.35. The van der Waals surface area contributed by atoms with Crippen molar-refractivity contribution in [2.24, 2.45) is 5.41 Å². The van der Waals surface area contributed by atoms with Crippen molar-refractivity contribution in [2.45, 2.75) is 61.3 Å². The van der Waals surface area contributed by atoms with Gasteiger partial charge in [0.2, 0.25) is 0 Å². The minimum atomic E-state index is 0.162. The quantitative estimate of drug-likeness (QED) is 0.680. The minimum absolute atomic E-state index is 0.162. The molecule has 118 valence electrons. The van der Waals surface area contributed by atoms with Crippen LogP contribution >= 0.6 is 0 Å². The second-order valence-electron chi connectivity index (χ2n) is 7.77. The van der Waals surface area contributed by atoms with Gasteiger partial charge in [-0.15, -0.1) is 0 Å². The summed E-state index contributed by atoms with van der Waals surface area (Å²) in [6, 6.07) is 0. The Morgan fingerprint density at radius 1 is 1.05 bits per heavy atom. The molecule has 2 rings (SSSR count). The molecule has 1 heteroatoms. The van der Waals surface area contributed by atoms with Gasteiger partial charge in [0.15, 0.2) is 5.78 Å². The van der Waals surface area contributed by atoms with Crippen molar-refractivity contribution in [3.05, 3.63) is 51.1 Å². The van der Waals surface area contributed by atoms with Crippen molar-refractivity contribution in [3.8, 4) is 0 Å². The predicted octanol–water partition coefficient (Wildman–Crippen LogP) is 5.42. The van der Waals surface area contributed by atoms with Crippen molar-refractivity contribution >= 4 is 11.9 Å². The number of ketones is 1. The van der Waals surface area contributed by atoms with E-state index < -0.39 is 0 Å². The molecule has 0 saturated heterocycles. The van der Waals surface area contributed by atoms with Crippen molar-refractivity contribution in [1.29, 1.82) is 0 Å². The van der Waals surface area contributed by atoms with Gasteiger partial charge in [-0.3, -0.25) is 4.79 Å². The van der Waals surface area contributed by atoms with Crippen LogP contribution in [0.15, 0.2) is 17.7 Å². The van der Waals surface area contributed by atoms with E-state index >= 15 is 0 Å². The third-order valence-electron chi connectivity index (χ3n) is 4.87. The fourth-order valence-electron chi connectivity index (χ4n) is 3.04. The number of hydrogen-bond donors (Lipinski definition) is 0. The van der Waals surface area contributed by atoms with Crippen molar-refractivity contribution < 1.29 is 4.79 Å². The van der Waals surface area contributed by atoms with Crippen LogP contribution in [0.2, 0.25) is 0 Å². The zero-order valence-corrected chi connectivity index (χ0v) is 15.1. The van der Waals surface area contributed by atoms with Crippen LogP contribution in [-0.4, -0.2) is 5.78 Å². The number of carbonyl (C=O) groups is 1. The van der Waals surface area contributed by atoms with E-state index in [-0.39, 0.29) is 11.2 Å². The summed E-state index contributed by atoms with van der Waals surface area (Å²) in [5.74, 6) is 0.162. The van der Waals surface area contributed by atoms with Gasteiger partial charge in [-0.25, -0.2) is 0 Å². The van der Waals surface area contributed by atoms with Gasteiger partial charge in [0.25, 0.3) is 0 Å². The molecular weight excluding hydrogens is 268 g/mol. The zero-order chi connectivity index (χ0) is 16.7. The van der Waals surface area contributed by atoms with E-state index in [1.165, 1.54) is 33.4 Å². The fourth-order valence-corrected chi connectivity index (χ4v) is 3.04. The van der Waals surface area contributed by atoms with E-state index in [9.17, 15) is 4.79 Å². The van der Waals surface area contributed by atoms with E-state index in [1.54, 1.807) is 6.08 Å². The van der Waals surface area contributed by atoms with Gasteiger partial charge < -0.3 is 0 Å². The Morgan fingerprint density at radius 2 is 1.64 bits per heavy atom. The molecule has 1 aliphatic carbocycles. The lowest BCUT2D eigenvalue weighted by atomic mass is 9.90. The maximum absolute atomic E-state index is 12.4. The number of allylic oxidation sites excluding steroid dienone is 3. The summed E-state index contributed by atoms with van der Waals surface area (Å²) in [6.07, 6.45) is 7.58. The molecule has 0 amide bonds. The maximum atomic E-state index is 12.4. The molecule has 1 aromatic rings. The van der Waals surface area contributed by atoms with Crippen LogP contribution in [0.4, 0.5) is 0 Å². The first-order valence-corrected chi connectivity index (χ1v) is 8.12. The van der Waals surface area contributed by atoms with Gasteiger partial charge in [0.05, 0.1) is 0 Å². The third kappa shape index (κ3) is 3.24. The van der Waals surface area contributed by atoms with Crippen LogP contribution in [0, 0.1) is 33.1 Å². The first-order valence-electron chi connectivity index (χ1n) is 8.12. The molecule has 0 saturated carbocycles. The molecular formula is C21H28O. The molecule has 0 aliphatic heterocycles. The Kier molecular flexibility index (Phi) is 4.47.